The second-order valence-electron chi connectivity index (χ2n) is 7.30. The molecule has 1 aliphatic heterocycles. The van der Waals surface area contributed by atoms with Gasteiger partial charge < -0.3 is 9.72 Å². The third-order valence-electron chi connectivity index (χ3n) is 4.52. The van der Waals surface area contributed by atoms with E-state index in [0.717, 1.165) is 12.1 Å². The van der Waals surface area contributed by atoms with Crippen LogP contribution in [0.25, 0.3) is 11.0 Å². The zero-order valence-electron chi connectivity index (χ0n) is 16.3. The molecule has 2 N–H and O–H groups in total. The number of hydrogen-bond acceptors (Lipinski definition) is 5. The number of fused-ring (bicyclic) bond motifs is 2. The Labute approximate surface area is 170 Å². The van der Waals surface area contributed by atoms with Crippen LogP contribution in [0.15, 0.2) is 35.3 Å². The van der Waals surface area contributed by atoms with Crippen molar-refractivity contribution in [2.45, 2.75) is 13.8 Å². The van der Waals surface area contributed by atoms with Crippen LogP contribution in [-0.4, -0.2) is 40.7 Å². The summed E-state index contributed by atoms with van der Waals surface area (Å²) < 4.78 is 33.7. The Morgan fingerprint density at radius 3 is 2.67 bits per heavy atom. The molecule has 0 saturated heterocycles. The van der Waals surface area contributed by atoms with Crippen molar-refractivity contribution in [3.05, 3.63) is 58.7 Å². The Kier molecular flexibility index (Phi) is 5.03. The summed E-state index contributed by atoms with van der Waals surface area (Å²) in [4.78, 5) is 35.3. The fraction of sp³-hybridized carbons (Fsp3) is 0.238. The smallest absolute Gasteiger partial charge is 0.413 e. The molecule has 154 valence electrons. The molecule has 9 heteroatoms. The molecule has 0 spiro atoms. The first-order valence-electron chi connectivity index (χ1n) is 9.33. The molecule has 0 atom stereocenters. The molecular formula is C21H18F2N4O3. The Morgan fingerprint density at radius 1 is 1.20 bits per heavy atom. The monoisotopic (exact) mass is 412 g/mol. The molecule has 4 rings (SSSR count). The number of carbonyl (C=O) groups excluding carboxylic acids is 2. The number of amides is 1. The van der Waals surface area contributed by atoms with Crippen molar-refractivity contribution in [1.29, 1.82) is 0 Å². The van der Waals surface area contributed by atoms with Gasteiger partial charge in [0.15, 0.2) is 5.78 Å². The number of H-pyrrole nitrogens is 1. The number of nitrogens with zero attached hydrogens (tertiary/aromatic N) is 2. The average Bonchev–Trinajstić information content (AvgIpc) is 3.10. The third-order valence-corrected chi connectivity index (χ3v) is 4.52. The second-order valence-corrected chi connectivity index (χ2v) is 7.30. The lowest BCUT2D eigenvalue weighted by atomic mass is 9.91. The number of ether oxygens (including phenoxy) is 1. The predicted octanol–water partition coefficient (Wildman–Crippen LogP) is 4.08. The van der Waals surface area contributed by atoms with Crippen LogP contribution in [0, 0.1) is 17.6 Å². The molecule has 7 nitrogen and oxygen atoms in total. The molecule has 2 aromatic carbocycles. The van der Waals surface area contributed by atoms with E-state index in [0.29, 0.717) is 16.6 Å². The maximum atomic E-state index is 14.5. The van der Waals surface area contributed by atoms with Gasteiger partial charge in [-0.25, -0.2) is 18.6 Å². The van der Waals surface area contributed by atoms with E-state index in [1.807, 2.05) is 13.8 Å². The van der Waals surface area contributed by atoms with E-state index in [1.54, 1.807) is 18.2 Å². The average molecular weight is 412 g/mol. The Hall–Kier alpha value is -3.62. The van der Waals surface area contributed by atoms with Crippen molar-refractivity contribution < 1.29 is 23.1 Å². The quantitative estimate of drug-likeness (QED) is 0.675. The largest absolute Gasteiger partial charge is 0.449 e. The van der Waals surface area contributed by atoms with E-state index in [4.69, 9.17) is 4.74 Å². The van der Waals surface area contributed by atoms with E-state index in [9.17, 15) is 18.4 Å². The molecular weight excluding hydrogens is 394 g/mol. The number of aromatic amines is 1. The first-order chi connectivity index (χ1) is 14.3. The molecule has 0 fully saturated rings. The number of halogens is 2. The maximum absolute atomic E-state index is 14.5. The highest BCUT2D eigenvalue weighted by atomic mass is 19.1. The van der Waals surface area contributed by atoms with Crippen LogP contribution in [-0.2, 0) is 4.74 Å². The Morgan fingerprint density at radius 2 is 1.93 bits per heavy atom. The van der Waals surface area contributed by atoms with Crippen molar-refractivity contribution >= 4 is 34.6 Å². The maximum Gasteiger partial charge on any atom is 0.413 e. The number of benzene rings is 2. The summed E-state index contributed by atoms with van der Waals surface area (Å²) >= 11 is 0. The van der Waals surface area contributed by atoms with E-state index in [2.05, 4.69) is 20.3 Å². The SMILES string of the molecule is CC(C)COC(=O)Nc1nc2ccc(C3=NCC(=O)c4c(F)ccc(F)c43)cc2[nH]1. The lowest BCUT2D eigenvalue weighted by Gasteiger charge is -2.17. The highest BCUT2D eigenvalue weighted by Gasteiger charge is 2.28. The molecule has 0 aliphatic carbocycles. The van der Waals surface area contributed by atoms with Crippen LogP contribution in [0.3, 0.4) is 0 Å². The van der Waals surface area contributed by atoms with Gasteiger partial charge in [0, 0.05) is 11.1 Å². The summed E-state index contributed by atoms with van der Waals surface area (Å²) in [6, 6.07) is 6.86. The minimum Gasteiger partial charge on any atom is -0.449 e. The van der Waals surface area contributed by atoms with E-state index < -0.39 is 23.5 Å². The van der Waals surface area contributed by atoms with Crippen LogP contribution < -0.4 is 5.32 Å². The summed E-state index contributed by atoms with van der Waals surface area (Å²) in [5.74, 6) is -1.68. The summed E-state index contributed by atoms with van der Waals surface area (Å²) in [5.41, 5.74) is 1.32. The van der Waals surface area contributed by atoms with Gasteiger partial charge in [0.2, 0.25) is 5.95 Å². The van der Waals surface area contributed by atoms with Crippen molar-refractivity contribution in [3.8, 4) is 0 Å². The molecule has 0 unspecified atom stereocenters. The number of Topliss-reactive ketones (excluding diaryl/α,β-unsaturated/α-hetero) is 1. The highest BCUT2D eigenvalue weighted by molar-refractivity contribution is 6.22. The lowest BCUT2D eigenvalue weighted by molar-refractivity contribution is 0.0995. The number of rotatable bonds is 4. The van der Waals surface area contributed by atoms with Gasteiger partial charge >= 0.3 is 6.09 Å². The Balaban J connectivity index is 1.66. The highest BCUT2D eigenvalue weighted by Crippen LogP contribution is 2.27. The summed E-state index contributed by atoms with van der Waals surface area (Å²) in [5, 5.41) is 2.51. The normalized spacial score (nSPS) is 13.4. The first kappa shape index (κ1) is 19.7. The van der Waals surface area contributed by atoms with Crippen LogP contribution in [0.1, 0.15) is 35.3 Å². The summed E-state index contributed by atoms with van der Waals surface area (Å²) in [7, 11) is 0. The van der Waals surface area contributed by atoms with Crippen molar-refractivity contribution in [2.75, 3.05) is 18.5 Å². The molecule has 0 radical (unpaired) electrons. The number of ketones is 1. The van der Waals surface area contributed by atoms with Crippen LogP contribution >= 0.6 is 0 Å². The number of aliphatic imine (C=N–C) groups is 1. The number of hydrogen-bond donors (Lipinski definition) is 2. The molecule has 0 saturated carbocycles. The standard InChI is InChI=1S/C21H18F2N4O3/c1-10(2)9-30-21(29)27-20-25-14-6-3-11(7-15(14)26-20)19-18-13(23)5-4-12(22)17(18)16(28)8-24-19/h3-7,10H,8-9H2,1-2H3,(H2,25,26,27,29). The van der Waals surface area contributed by atoms with Crippen molar-refractivity contribution in [3.63, 3.8) is 0 Å². The molecule has 1 aliphatic rings. The third kappa shape index (κ3) is 3.66. The molecule has 1 amide bonds. The van der Waals surface area contributed by atoms with Crippen LogP contribution in [0.2, 0.25) is 0 Å². The minimum absolute atomic E-state index is 0.152. The van der Waals surface area contributed by atoms with Crippen molar-refractivity contribution in [1.82, 2.24) is 9.97 Å². The van der Waals surface area contributed by atoms with E-state index in [-0.39, 0.29) is 41.9 Å². The summed E-state index contributed by atoms with van der Waals surface area (Å²) in [6.45, 7) is 3.85. The Bertz CT molecular complexity index is 1200. The molecule has 1 aromatic heterocycles. The van der Waals surface area contributed by atoms with E-state index in [1.165, 1.54) is 0 Å². The minimum atomic E-state index is -0.780. The van der Waals surface area contributed by atoms with Gasteiger partial charge in [-0.15, -0.1) is 0 Å². The van der Waals surface area contributed by atoms with Crippen molar-refractivity contribution in [2.24, 2.45) is 10.9 Å². The predicted molar refractivity (Wildman–Crippen MR) is 107 cm³/mol. The number of imidazole rings is 1. The second kappa shape index (κ2) is 7.66. The van der Waals surface area contributed by atoms with Crippen LogP contribution in [0.5, 0.6) is 0 Å². The molecule has 30 heavy (non-hydrogen) atoms. The van der Waals surface area contributed by atoms with Gasteiger partial charge in [-0.2, -0.15) is 0 Å². The van der Waals surface area contributed by atoms with Gasteiger partial charge in [-0.3, -0.25) is 15.1 Å². The lowest BCUT2D eigenvalue weighted by Crippen LogP contribution is -2.23. The van der Waals surface area contributed by atoms with Gasteiger partial charge in [-0.1, -0.05) is 19.9 Å². The van der Waals surface area contributed by atoms with Gasteiger partial charge in [0.1, 0.15) is 18.2 Å². The fourth-order valence-electron chi connectivity index (χ4n) is 3.19. The fourth-order valence-corrected chi connectivity index (χ4v) is 3.19. The number of carbonyl (C=O) groups is 2. The number of anilines is 1. The molecule has 0 bridgehead atoms. The zero-order chi connectivity index (χ0) is 21.4. The number of nitrogens with one attached hydrogen (secondary N) is 2. The van der Waals surface area contributed by atoms with Gasteiger partial charge in [0.05, 0.1) is 28.9 Å². The zero-order valence-corrected chi connectivity index (χ0v) is 16.3. The van der Waals surface area contributed by atoms with Gasteiger partial charge in [0.25, 0.3) is 0 Å². The van der Waals surface area contributed by atoms with Crippen LogP contribution in [0.4, 0.5) is 19.5 Å². The summed E-state index contributed by atoms with van der Waals surface area (Å²) in [6.07, 6.45) is -0.635. The van der Waals surface area contributed by atoms with E-state index >= 15 is 0 Å². The molecule has 2 heterocycles. The van der Waals surface area contributed by atoms with Gasteiger partial charge in [-0.05, 0) is 30.2 Å². The number of aromatic nitrogens is 2. The molecule has 3 aromatic rings. The first-order valence-corrected chi connectivity index (χ1v) is 9.33. The topological polar surface area (TPSA) is 96.4 Å².